The van der Waals surface area contributed by atoms with Crippen molar-refractivity contribution in [1.82, 2.24) is 4.90 Å². The third-order valence-electron chi connectivity index (χ3n) is 2.14. The van der Waals surface area contributed by atoms with Gasteiger partial charge in [-0.2, -0.15) is 0 Å². The minimum atomic E-state index is 0.186. The maximum absolute atomic E-state index is 5.78. The standard InChI is InChI=1S/C10H24N2O2/c1-9(11)7-12(5-6-13-3)10(2)8-14-4/h9-10H,5-8,11H2,1-4H3/t9-,10?/m0/s1. The molecule has 86 valence electrons. The van der Waals surface area contributed by atoms with Crippen LogP contribution in [-0.4, -0.2) is 57.5 Å². The van der Waals surface area contributed by atoms with Gasteiger partial charge in [0, 0.05) is 39.4 Å². The highest BCUT2D eigenvalue weighted by Gasteiger charge is 2.14. The van der Waals surface area contributed by atoms with E-state index in [1.807, 2.05) is 6.92 Å². The van der Waals surface area contributed by atoms with Crippen molar-refractivity contribution in [3.8, 4) is 0 Å². The zero-order chi connectivity index (χ0) is 11.0. The van der Waals surface area contributed by atoms with Gasteiger partial charge in [0.2, 0.25) is 0 Å². The molecule has 0 saturated heterocycles. The third-order valence-corrected chi connectivity index (χ3v) is 2.14. The molecule has 4 heteroatoms. The molecule has 0 aromatic rings. The van der Waals surface area contributed by atoms with Crippen LogP contribution < -0.4 is 5.73 Å². The number of ether oxygens (including phenoxy) is 2. The largest absolute Gasteiger partial charge is 0.383 e. The second kappa shape index (κ2) is 8.17. The Kier molecular flexibility index (Phi) is 8.08. The summed E-state index contributed by atoms with van der Waals surface area (Å²) in [5.41, 5.74) is 5.78. The summed E-state index contributed by atoms with van der Waals surface area (Å²) in [5, 5.41) is 0. The molecule has 4 nitrogen and oxygen atoms in total. The molecule has 2 N–H and O–H groups in total. The van der Waals surface area contributed by atoms with Gasteiger partial charge in [-0.1, -0.05) is 0 Å². The summed E-state index contributed by atoms with van der Waals surface area (Å²) >= 11 is 0. The lowest BCUT2D eigenvalue weighted by Gasteiger charge is -2.29. The van der Waals surface area contributed by atoms with Crippen molar-refractivity contribution in [2.75, 3.05) is 40.5 Å². The molecule has 0 amide bonds. The number of rotatable bonds is 8. The third kappa shape index (κ3) is 6.32. The van der Waals surface area contributed by atoms with Crippen LogP contribution in [0.2, 0.25) is 0 Å². The Morgan fingerprint density at radius 3 is 2.29 bits per heavy atom. The van der Waals surface area contributed by atoms with E-state index in [0.717, 1.165) is 26.3 Å². The van der Waals surface area contributed by atoms with E-state index in [1.54, 1.807) is 14.2 Å². The van der Waals surface area contributed by atoms with Gasteiger partial charge in [-0.25, -0.2) is 0 Å². The minimum Gasteiger partial charge on any atom is -0.383 e. The maximum atomic E-state index is 5.78. The summed E-state index contributed by atoms with van der Waals surface area (Å²) in [6, 6.07) is 0.576. The van der Waals surface area contributed by atoms with E-state index in [9.17, 15) is 0 Å². The molecular formula is C10H24N2O2. The average Bonchev–Trinajstić information content (AvgIpc) is 2.12. The zero-order valence-corrected chi connectivity index (χ0v) is 9.82. The van der Waals surface area contributed by atoms with Crippen LogP contribution in [-0.2, 0) is 9.47 Å². The van der Waals surface area contributed by atoms with Crippen LogP contribution in [0.5, 0.6) is 0 Å². The van der Waals surface area contributed by atoms with Crippen molar-refractivity contribution in [1.29, 1.82) is 0 Å². The molecule has 14 heavy (non-hydrogen) atoms. The summed E-state index contributed by atoms with van der Waals surface area (Å²) in [6.07, 6.45) is 0. The van der Waals surface area contributed by atoms with E-state index in [2.05, 4.69) is 11.8 Å². The van der Waals surface area contributed by atoms with Crippen LogP contribution in [0, 0.1) is 0 Å². The quantitative estimate of drug-likeness (QED) is 0.618. The highest BCUT2D eigenvalue weighted by molar-refractivity contribution is 4.70. The van der Waals surface area contributed by atoms with Gasteiger partial charge in [-0.05, 0) is 13.8 Å². The highest BCUT2D eigenvalue weighted by atomic mass is 16.5. The smallest absolute Gasteiger partial charge is 0.0615 e. The van der Waals surface area contributed by atoms with Gasteiger partial charge in [-0.3, -0.25) is 4.90 Å². The Hall–Kier alpha value is -0.160. The van der Waals surface area contributed by atoms with Gasteiger partial charge in [0.1, 0.15) is 0 Å². The van der Waals surface area contributed by atoms with E-state index >= 15 is 0 Å². The van der Waals surface area contributed by atoms with Gasteiger partial charge >= 0.3 is 0 Å². The molecule has 0 spiro atoms. The lowest BCUT2D eigenvalue weighted by Crippen LogP contribution is -2.44. The molecule has 0 heterocycles. The van der Waals surface area contributed by atoms with Crippen LogP contribution >= 0.6 is 0 Å². The van der Waals surface area contributed by atoms with Crippen LogP contribution in [0.4, 0.5) is 0 Å². The monoisotopic (exact) mass is 204 g/mol. The van der Waals surface area contributed by atoms with Gasteiger partial charge in [0.25, 0.3) is 0 Å². The minimum absolute atomic E-state index is 0.186. The molecule has 0 aliphatic heterocycles. The van der Waals surface area contributed by atoms with E-state index in [-0.39, 0.29) is 6.04 Å². The summed E-state index contributed by atoms with van der Waals surface area (Å²) in [6.45, 7) is 7.41. The zero-order valence-electron chi connectivity index (χ0n) is 9.82. The second-order valence-corrected chi connectivity index (χ2v) is 3.77. The Morgan fingerprint density at radius 1 is 1.21 bits per heavy atom. The second-order valence-electron chi connectivity index (χ2n) is 3.77. The van der Waals surface area contributed by atoms with E-state index in [0.29, 0.717) is 6.04 Å². The predicted molar refractivity (Wildman–Crippen MR) is 58.4 cm³/mol. The highest BCUT2D eigenvalue weighted by Crippen LogP contribution is 2.00. The van der Waals surface area contributed by atoms with Crippen LogP contribution in [0.3, 0.4) is 0 Å². The van der Waals surface area contributed by atoms with Gasteiger partial charge < -0.3 is 15.2 Å². The maximum Gasteiger partial charge on any atom is 0.0615 e. The molecule has 1 unspecified atom stereocenters. The Bertz CT molecular complexity index is 131. The molecule has 0 rings (SSSR count). The number of nitrogens with zero attached hydrogens (tertiary/aromatic N) is 1. The van der Waals surface area contributed by atoms with Crippen molar-refractivity contribution in [3.63, 3.8) is 0 Å². The lowest BCUT2D eigenvalue weighted by atomic mass is 10.2. The molecule has 2 atom stereocenters. The van der Waals surface area contributed by atoms with Gasteiger partial charge in [0.15, 0.2) is 0 Å². The Morgan fingerprint density at radius 2 is 1.86 bits per heavy atom. The number of hydrogen-bond acceptors (Lipinski definition) is 4. The van der Waals surface area contributed by atoms with Crippen LogP contribution in [0.1, 0.15) is 13.8 Å². The molecular weight excluding hydrogens is 180 g/mol. The topological polar surface area (TPSA) is 47.7 Å². The van der Waals surface area contributed by atoms with Crippen molar-refractivity contribution in [2.45, 2.75) is 25.9 Å². The van der Waals surface area contributed by atoms with Crippen LogP contribution in [0.15, 0.2) is 0 Å². The first-order chi connectivity index (χ1) is 6.61. The van der Waals surface area contributed by atoms with Crippen molar-refractivity contribution in [3.05, 3.63) is 0 Å². The lowest BCUT2D eigenvalue weighted by molar-refractivity contribution is 0.0724. The number of nitrogens with two attached hydrogens (primary N) is 1. The SMILES string of the molecule is COCCN(C[C@H](C)N)C(C)COC. The predicted octanol–water partition coefficient (Wildman–Crippen LogP) is 0.317. The van der Waals surface area contributed by atoms with Crippen molar-refractivity contribution < 1.29 is 9.47 Å². The van der Waals surface area contributed by atoms with Crippen molar-refractivity contribution >= 4 is 0 Å². The van der Waals surface area contributed by atoms with E-state index < -0.39 is 0 Å². The van der Waals surface area contributed by atoms with Gasteiger partial charge in [-0.15, -0.1) is 0 Å². The van der Waals surface area contributed by atoms with Gasteiger partial charge in [0.05, 0.1) is 13.2 Å². The molecule has 0 aromatic carbocycles. The first kappa shape index (κ1) is 13.8. The van der Waals surface area contributed by atoms with Crippen LogP contribution in [0.25, 0.3) is 0 Å². The molecule has 0 aromatic heterocycles. The first-order valence-electron chi connectivity index (χ1n) is 5.09. The van der Waals surface area contributed by atoms with E-state index in [1.165, 1.54) is 0 Å². The number of hydrogen-bond donors (Lipinski definition) is 1. The number of methoxy groups -OCH3 is 2. The molecule has 0 radical (unpaired) electrons. The Labute approximate surface area is 87.4 Å². The summed E-state index contributed by atoms with van der Waals surface area (Å²) in [5.74, 6) is 0. The molecule has 0 saturated carbocycles. The summed E-state index contributed by atoms with van der Waals surface area (Å²) in [4.78, 5) is 2.29. The summed E-state index contributed by atoms with van der Waals surface area (Å²) in [7, 11) is 3.43. The Balaban J connectivity index is 3.94. The molecule has 0 fully saturated rings. The first-order valence-corrected chi connectivity index (χ1v) is 5.09. The van der Waals surface area contributed by atoms with E-state index in [4.69, 9.17) is 15.2 Å². The fourth-order valence-corrected chi connectivity index (χ4v) is 1.42. The fraction of sp³-hybridized carbons (Fsp3) is 1.00. The average molecular weight is 204 g/mol. The fourth-order valence-electron chi connectivity index (χ4n) is 1.42. The normalized spacial score (nSPS) is 15.9. The molecule has 0 bridgehead atoms. The molecule has 0 aliphatic rings. The molecule has 0 aliphatic carbocycles. The van der Waals surface area contributed by atoms with Crippen molar-refractivity contribution in [2.24, 2.45) is 5.73 Å². The summed E-state index contributed by atoms with van der Waals surface area (Å²) < 4.78 is 10.2.